The molecule has 2 fully saturated rings. The number of halogens is 2. The molecule has 0 spiro atoms. The predicted octanol–water partition coefficient (Wildman–Crippen LogP) is 2.11. The molecule has 1 N–H and O–H groups in total. The molecule has 2 aliphatic heterocycles. The van der Waals surface area contributed by atoms with Gasteiger partial charge < -0.3 is 33.6 Å². The molecule has 16 heteroatoms. The van der Waals surface area contributed by atoms with Gasteiger partial charge in [-0.1, -0.05) is 0 Å². The molecule has 0 bridgehead atoms. The Kier molecular flexibility index (Phi) is 8.86. The molecule has 0 amide bonds. The van der Waals surface area contributed by atoms with Crippen LogP contribution in [0.5, 0.6) is 0 Å². The number of carbonyl (C=O) groups is 1. The van der Waals surface area contributed by atoms with Gasteiger partial charge in [-0.15, -0.1) is 0 Å². The largest absolute Gasteiger partial charge is 0.466 e. The topological polar surface area (TPSA) is 149 Å². The Morgan fingerprint density at radius 1 is 0.949 bits per heavy atom. The highest BCUT2D eigenvalue weighted by Gasteiger charge is 2.21. The summed E-state index contributed by atoms with van der Waals surface area (Å²) < 4.78 is 17.4. The molecule has 14 nitrogen and oxygen atoms in total. The first-order chi connectivity index (χ1) is 19.0. The van der Waals surface area contributed by atoms with Crippen LogP contribution < -0.4 is 9.80 Å². The van der Waals surface area contributed by atoms with E-state index in [2.05, 4.69) is 44.7 Å². The second kappa shape index (κ2) is 12.7. The highest BCUT2D eigenvalue weighted by atomic mass is 35.5. The molecular formula is C23H28Cl2N10O4. The lowest BCUT2D eigenvalue weighted by Gasteiger charge is -2.27. The quantitative estimate of drug-likeness (QED) is 0.263. The van der Waals surface area contributed by atoms with Crippen molar-refractivity contribution >= 4 is 63.1 Å². The van der Waals surface area contributed by atoms with Crippen molar-refractivity contribution in [2.75, 3.05) is 69.0 Å². The van der Waals surface area contributed by atoms with Crippen LogP contribution >= 0.6 is 23.2 Å². The Bertz CT molecular complexity index is 1420. The van der Waals surface area contributed by atoms with Crippen LogP contribution in [0.1, 0.15) is 13.3 Å². The number of anilines is 2. The monoisotopic (exact) mass is 578 g/mol. The van der Waals surface area contributed by atoms with Crippen molar-refractivity contribution in [1.82, 2.24) is 39.5 Å². The van der Waals surface area contributed by atoms with Gasteiger partial charge in [-0.3, -0.25) is 4.79 Å². The lowest BCUT2D eigenvalue weighted by atomic mass is 10.3. The SMILES string of the molecule is CCOC(=O)CCn1cnc2c(N3CCOCC3)nc(Cl)nc21.Clc1nc(N2CCOCC2)c2[nH]cnc2n1. The van der Waals surface area contributed by atoms with Crippen LogP contribution in [0.2, 0.25) is 10.6 Å². The summed E-state index contributed by atoms with van der Waals surface area (Å²) in [6.07, 6.45) is 3.51. The van der Waals surface area contributed by atoms with Crippen molar-refractivity contribution in [2.24, 2.45) is 0 Å². The van der Waals surface area contributed by atoms with E-state index < -0.39 is 0 Å². The third-order valence-corrected chi connectivity index (χ3v) is 6.48. The summed E-state index contributed by atoms with van der Waals surface area (Å²) in [7, 11) is 0. The van der Waals surface area contributed by atoms with Crippen LogP contribution in [0.15, 0.2) is 12.7 Å². The number of morpholine rings is 2. The fourth-order valence-corrected chi connectivity index (χ4v) is 4.62. The Morgan fingerprint density at radius 3 is 2.28 bits per heavy atom. The average molecular weight is 579 g/mol. The number of nitrogens with zero attached hydrogens (tertiary/aromatic N) is 9. The summed E-state index contributed by atoms with van der Waals surface area (Å²) in [6, 6.07) is 0. The van der Waals surface area contributed by atoms with Gasteiger partial charge in [-0.25, -0.2) is 9.97 Å². The van der Waals surface area contributed by atoms with Gasteiger partial charge in [-0.05, 0) is 30.1 Å². The number of rotatable bonds is 6. The number of fused-ring (bicyclic) bond motifs is 2. The molecule has 0 radical (unpaired) electrons. The van der Waals surface area contributed by atoms with E-state index in [4.69, 9.17) is 37.4 Å². The zero-order valence-corrected chi connectivity index (χ0v) is 22.9. The first kappa shape index (κ1) is 27.2. The number of aromatic amines is 1. The predicted molar refractivity (Wildman–Crippen MR) is 144 cm³/mol. The van der Waals surface area contributed by atoms with Crippen molar-refractivity contribution in [2.45, 2.75) is 19.9 Å². The van der Waals surface area contributed by atoms with Crippen LogP contribution in [-0.2, 0) is 25.5 Å². The van der Waals surface area contributed by atoms with Crippen molar-refractivity contribution < 1.29 is 19.0 Å². The van der Waals surface area contributed by atoms with Crippen LogP contribution in [0.3, 0.4) is 0 Å². The molecule has 208 valence electrons. The minimum atomic E-state index is -0.247. The lowest BCUT2D eigenvalue weighted by Crippen LogP contribution is -2.37. The summed E-state index contributed by atoms with van der Waals surface area (Å²) >= 11 is 11.9. The molecule has 2 saturated heterocycles. The third-order valence-electron chi connectivity index (χ3n) is 6.14. The number of imidazole rings is 2. The number of hydrogen-bond donors (Lipinski definition) is 1. The fraction of sp³-hybridized carbons (Fsp3) is 0.522. The second-order valence-electron chi connectivity index (χ2n) is 8.60. The Hall–Kier alpha value is -3.33. The zero-order chi connectivity index (χ0) is 27.2. The molecule has 39 heavy (non-hydrogen) atoms. The molecular weight excluding hydrogens is 551 g/mol. The van der Waals surface area contributed by atoms with Crippen molar-refractivity contribution in [3.05, 3.63) is 23.2 Å². The Balaban J connectivity index is 0.000000168. The second-order valence-corrected chi connectivity index (χ2v) is 9.27. The summed E-state index contributed by atoms with van der Waals surface area (Å²) in [5, 5.41) is 0.387. The molecule has 0 aromatic carbocycles. The molecule has 0 unspecified atom stereocenters. The fourth-order valence-electron chi connectivity index (χ4n) is 4.30. The van der Waals surface area contributed by atoms with Crippen molar-refractivity contribution in [3.8, 4) is 0 Å². The summed E-state index contributed by atoms with van der Waals surface area (Å²) in [5.41, 5.74) is 2.73. The van der Waals surface area contributed by atoms with Gasteiger partial charge in [0.2, 0.25) is 10.6 Å². The Morgan fingerprint density at radius 2 is 1.59 bits per heavy atom. The molecule has 2 aliphatic rings. The minimum absolute atomic E-state index is 0.164. The number of aryl methyl sites for hydroxylation is 1. The van der Waals surface area contributed by atoms with Gasteiger partial charge in [-0.2, -0.15) is 19.9 Å². The smallest absolute Gasteiger partial charge is 0.307 e. The number of carbonyl (C=O) groups excluding carboxylic acids is 1. The summed E-state index contributed by atoms with van der Waals surface area (Å²) in [5.74, 6) is 1.26. The summed E-state index contributed by atoms with van der Waals surface area (Å²) in [4.78, 5) is 44.1. The molecule has 6 heterocycles. The van der Waals surface area contributed by atoms with Crippen molar-refractivity contribution in [3.63, 3.8) is 0 Å². The van der Waals surface area contributed by atoms with E-state index in [9.17, 15) is 4.79 Å². The number of hydrogen-bond acceptors (Lipinski definition) is 12. The Labute approximate surface area is 233 Å². The molecule has 0 saturated carbocycles. The molecule has 6 rings (SSSR count). The standard InChI is InChI=1S/C14H18ClN5O3.C9H10ClN5O/c1-2-23-10(21)3-4-20-9-16-11-12(17-14(15)18-13(11)20)19-5-7-22-8-6-19;10-9-13-7-6(11-5-12-7)8(14-9)15-1-3-16-4-2-15/h9H,2-8H2,1H3;5H,1-4H2,(H,11,12,13,14). The van der Waals surface area contributed by atoms with E-state index >= 15 is 0 Å². The maximum Gasteiger partial charge on any atom is 0.307 e. The number of esters is 1. The van der Waals surface area contributed by atoms with Gasteiger partial charge in [0, 0.05) is 32.7 Å². The summed E-state index contributed by atoms with van der Waals surface area (Å²) in [6.45, 7) is 8.38. The average Bonchev–Trinajstić information content (AvgIpc) is 3.59. The number of nitrogens with one attached hydrogen (secondary N) is 1. The third kappa shape index (κ3) is 6.46. The van der Waals surface area contributed by atoms with Crippen LogP contribution in [0, 0.1) is 0 Å². The molecule has 4 aromatic heterocycles. The van der Waals surface area contributed by atoms with Crippen LogP contribution in [0.4, 0.5) is 11.6 Å². The molecule has 0 atom stereocenters. The van der Waals surface area contributed by atoms with E-state index in [1.807, 2.05) is 0 Å². The normalized spacial score (nSPS) is 15.9. The molecule has 0 aliphatic carbocycles. The number of aromatic nitrogens is 8. The van der Waals surface area contributed by atoms with Gasteiger partial charge in [0.25, 0.3) is 0 Å². The van der Waals surface area contributed by atoms with Crippen LogP contribution in [0.25, 0.3) is 22.3 Å². The first-order valence-electron chi connectivity index (χ1n) is 12.6. The number of ether oxygens (including phenoxy) is 3. The highest BCUT2D eigenvalue weighted by Crippen LogP contribution is 2.25. The van der Waals surface area contributed by atoms with Crippen molar-refractivity contribution in [1.29, 1.82) is 0 Å². The highest BCUT2D eigenvalue weighted by molar-refractivity contribution is 6.29. The maximum atomic E-state index is 11.5. The van der Waals surface area contributed by atoms with E-state index in [0.717, 1.165) is 37.5 Å². The van der Waals surface area contributed by atoms with E-state index in [1.54, 1.807) is 24.1 Å². The van der Waals surface area contributed by atoms with Gasteiger partial charge >= 0.3 is 5.97 Å². The van der Waals surface area contributed by atoms with Gasteiger partial charge in [0.15, 0.2) is 28.4 Å². The van der Waals surface area contributed by atoms with Gasteiger partial charge in [0.1, 0.15) is 5.52 Å². The van der Waals surface area contributed by atoms with E-state index in [-0.39, 0.29) is 23.0 Å². The van der Waals surface area contributed by atoms with Crippen LogP contribution in [-0.4, -0.2) is 105 Å². The maximum absolute atomic E-state index is 11.5. The zero-order valence-electron chi connectivity index (χ0n) is 21.3. The van der Waals surface area contributed by atoms with E-state index in [1.165, 1.54) is 0 Å². The van der Waals surface area contributed by atoms with Gasteiger partial charge in [0.05, 0.1) is 52.1 Å². The number of H-pyrrole nitrogens is 1. The molecule has 4 aromatic rings. The lowest BCUT2D eigenvalue weighted by molar-refractivity contribution is -0.143. The van der Waals surface area contributed by atoms with E-state index in [0.29, 0.717) is 62.2 Å². The minimum Gasteiger partial charge on any atom is -0.466 e. The first-order valence-corrected chi connectivity index (χ1v) is 13.3.